The largest absolute Gasteiger partial charge is 0.452 e. The summed E-state index contributed by atoms with van der Waals surface area (Å²) in [5.74, 6) is -1.81. The lowest BCUT2D eigenvalue weighted by molar-refractivity contribution is -0.133. The molecule has 0 spiro atoms. The van der Waals surface area contributed by atoms with Gasteiger partial charge in [0.15, 0.2) is 6.61 Å². The van der Waals surface area contributed by atoms with Crippen LogP contribution in [-0.2, 0) is 9.53 Å². The van der Waals surface area contributed by atoms with Gasteiger partial charge in [0.25, 0.3) is 17.7 Å². The fourth-order valence-corrected chi connectivity index (χ4v) is 2.98. The molecule has 25 heavy (non-hydrogen) atoms. The molecule has 3 rings (SSSR count). The van der Waals surface area contributed by atoms with E-state index in [1.54, 1.807) is 4.90 Å². The van der Waals surface area contributed by atoms with Gasteiger partial charge in [0.2, 0.25) is 0 Å². The summed E-state index contributed by atoms with van der Waals surface area (Å²) in [7, 11) is 0. The minimum Gasteiger partial charge on any atom is -0.452 e. The SMILES string of the molecule is C=CCN1C(=O)c2ccc(C(=O)OCC(=O)N3CCCC3)cc2C1=O. The summed E-state index contributed by atoms with van der Waals surface area (Å²) in [6.45, 7) is 4.67. The van der Waals surface area contributed by atoms with Crippen LogP contribution < -0.4 is 0 Å². The number of rotatable bonds is 5. The predicted molar refractivity (Wildman–Crippen MR) is 88.1 cm³/mol. The number of carbonyl (C=O) groups is 4. The van der Waals surface area contributed by atoms with Crippen LogP contribution in [0.2, 0.25) is 0 Å². The molecule has 2 aliphatic rings. The molecule has 0 bridgehead atoms. The van der Waals surface area contributed by atoms with Gasteiger partial charge in [-0.05, 0) is 31.0 Å². The first kappa shape index (κ1) is 16.9. The number of carbonyl (C=O) groups excluding carboxylic acids is 4. The number of ether oxygens (including phenoxy) is 1. The van der Waals surface area contributed by atoms with Crippen molar-refractivity contribution in [2.24, 2.45) is 0 Å². The van der Waals surface area contributed by atoms with Crippen LogP contribution in [-0.4, -0.2) is 59.7 Å². The number of amides is 3. The Balaban J connectivity index is 1.69. The van der Waals surface area contributed by atoms with Crippen molar-refractivity contribution in [3.8, 4) is 0 Å². The van der Waals surface area contributed by atoms with Gasteiger partial charge in [-0.3, -0.25) is 19.3 Å². The minimum atomic E-state index is -0.697. The zero-order valence-corrected chi connectivity index (χ0v) is 13.7. The second-order valence-electron chi connectivity index (χ2n) is 5.93. The smallest absolute Gasteiger partial charge is 0.338 e. The Bertz CT molecular complexity index is 765. The molecular weight excluding hydrogens is 324 g/mol. The molecule has 7 heteroatoms. The highest BCUT2D eigenvalue weighted by Gasteiger charge is 2.35. The van der Waals surface area contributed by atoms with Crippen LogP contribution in [0.5, 0.6) is 0 Å². The van der Waals surface area contributed by atoms with E-state index >= 15 is 0 Å². The van der Waals surface area contributed by atoms with Crippen molar-refractivity contribution >= 4 is 23.7 Å². The Morgan fingerprint density at radius 1 is 1.12 bits per heavy atom. The van der Waals surface area contributed by atoms with E-state index in [0.717, 1.165) is 17.7 Å². The standard InChI is InChI=1S/C18H18N2O5/c1-2-7-20-16(22)13-6-5-12(10-14(13)17(20)23)18(24)25-11-15(21)19-8-3-4-9-19/h2,5-6,10H,1,3-4,7-9,11H2. The van der Waals surface area contributed by atoms with E-state index in [4.69, 9.17) is 4.74 Å². The van der Waals surface area contributed by atoms with Crippen molar-refractivity contribution in [2.45, 2.75) is 12.8 Å². The third-order valence-electron chi connectivity index (χ3n) is 4.30. The molecule has 0 unspecified atom stereocenters. The van der Waals surface area contributed by atoms with Crippen LogP contribution >= 0.6 is 0 Å². The topological polar surface area (TPSA) is 84.0 Å². The van der Waals surface area contributed by atoms with Crippen LogP contribution in [0.1, 0.15) is 43.9 Å². The molecule has 3 amide bonds. The van der Waals surface area contributed by atoms with Crippen molar-refractivity contribution in [1.29, 1.82) is 0 Å². The molecule has 2 heterocycles. The summed E-state index contributed by atoms with van der Waals surface area (Å²) >= 11 is 0. The van der Waals surface area contributed by atoms with Gasteiger partial charge in [0.05, 0.1) is 16.7 Å². The van der Waals surface area contributed by atoms with E-state index < -0.39 is 17.8 Å². The number of esters is 1. The van der Waals surface area contributed by atoms with Crippen molar-refractivity contribution < 1.29 is 23.9 Å². The van der Waals surface area contributed by atoms with Gasteiger partial charge in [-0.2, -0.15) is 0 Å². The quantitative estimate of drug-likeness (QED) is 0.457. The summed E-state index contributed by atoms with van der Waals surface area (Å²) in [6.07, 6.45) is 3.38. The number of hydrogen-bond donors (Lipinski definition) is 0. The van der Waals surface area contributed by atoms with Gasteiger partial charge in [0.1, 0.15) is 0 Å². The highest BCUT2D eigenvalue weighted by molar-refractivity contribution is 6.22. The molecule has 0 radical (unpaired) electrons. The second-order valence-corrected chi connectivity index (χ2v) is 5.93. The average Bonchev–Trinajstić information content (AvgIpc) is 3.23. The number of hydrogen-bond acceptors (Lipinski definition) is 5. The lowest BCUT2D eigenvalue weighted by atomic mass is 10.1. The van der Waals surface area contributed by atoms with E-state index in [2.05, 4.69) is 6.58 Å². The lowest BCUT2D eigenvalue weighted by Gasteiger charge is -2.14. The van der Waals surface area contributed by atoms with Gasteiger partial charge in [-0.25, -0.2) is 4.79 Å². The molecule has 1 aromatic rings. The normalized spacial score (nSPS) is 16.2. The van der Waals surface area contributed by atoms with Gasteiger partial charge < -0.3 is 9.64 Å². The number of likely N-dealkylation sites (tertiary alicyclic amines) is 1. The molecule has 0 atom stereocenters. The first-order valence-electron chi connectivity index (χ1n) is 8.09. The number of nitrogens with zero attached hydrogens (tertiary/aromatic N) is 2. The third-order valence-corrected chi connectivity index (χ3v) is 4.30. The Labute approximate surface area is 144 Å². The maximum Gasteiger partial charge on any atom is 0.338 e. The summed E-state index contributed by atoms with van der Waals surface area (Å²) in [5.41, 5.74) is 0.540. The molecule has 0 saturated carbocycles. The number of benzene rings is 1. The monoisotopic (exact) mass is 342 g/mol. The maximum atomic E-state index is 12.3. The van der Waals surface area contributed by atoms with Gasteiger partial charge in [-0.1, -0.05) is 6.08 Å². The molecule has 0 N–H and O–H groups in total. The number of imide groups is 1. The molecule has 7 nitrogen and oxygen atoms in total. The molecule has 1 aromatic carbocycles. The minimum absolute atomic E-state index is 0.108. The summed E-state index contributed by atoms with van der Waals surface area (Å²) in [4.78, 5) is 51.2. The Kier molecular flexibility index (Phi) is 4.65. The van der Waals surface area contributed by atoms with E-state index in [1.807, 2.05) is 0 Å². The van der Waals surface area contributed by atoms with Crippen LogP contribution in [0.4, 0.5) is 0 Å². The molecule has 130 valence electrons. The van der Waals surface area contributed by atoms with E-state index in [9.17, 15) is 19.2 Å². The second kappa shape index (κ2) is 6.88. The summed E-state index contributed by atoms with van der Waals surface area (Å²) in [6, 6.07) is 4.18. The molecule has 0 aromatic heterocycles. The van der Waals surface area contributed by atoms with Crippen molar-refractivity contribution in [3.05, 3.63) is 47.5 Å². The highest BCUT2D eigenvalue weighted by atomic mass is 16.5. The molecule has 1 fully saturated rings. The van der Waals surface area contributed by atoms with Crippen molar-refractivity contribution in [1.82, 2.24) is 9.80 Å². The summed E-state index contributed by atoms with van der Waals surface area (Å²) in [5, 5.41) is 0. The third kappa shape index (κ3) is 3.17. The molecule has 0 aliphatic carbocycles. The fourth-order valence-electron chi connectivity index (χ4n) is 2.98. The van der Waals surface area contributed by atoms with Crippen LogP contribution in [0.3, 0.4) is 0 Å². The van der Waals surface area contributed by atoms with Crippen molar-refractivity contribution in [3.63, 3.8) is 0 Å². The van der Waals surface area contributed by atoms with Crippen molar-refractivity contribution in [2.75, 3.05) is 26.2 Å². The average molecular weight is 342 g/mol. The van der Waals surface area contributed by atoms with E-state index in [1.165, 1.54) is 24.3 Å². The molecule has 2 aliphatic heterocycles. The maximum absolute atomic E-state index is 12.3. The molecular formula is C18H18N2O5. The Morgan fingerprint density at radius 3 is 2.48 bits per heavy atom. The zero-order chi connectivity index (χ0) is 18.0. The van der Waals surface area contributed by atoms with Crippen LogP contribution in [0, 0.1) is 0 Å². The van der Waals surface area contributed by atoms with Gasteiger partial charge in [0, 0.05) is 19.6 Å². The summed E-state index contributed by atoms with van der Waals surface area (Å²) < 4.78 is 5.04. The van der Waals surface area contributed by atoms with Crippen LogP contribution in [0.15, 0.2) is 30.9 Å². The van der Waals surface area contributed by atoms with Crippen LogP contribution in [0.25, 0.3) is 0 Å². The highest BCUT2D eigenvalue weighted by Crippen LogP contribution is 2.24. The number of fused-ring (bicyclic) bond motifs is 1. The van der Waals surface area contributed by atoms with E-state index in [0.29, 0.717) is 13.1 Å². The first-order valence-corrected chi connectivity index (χ1v) is 8.09. The zero-order valence-electron chi connectivity index (χ0n) is 13.7. The van der Waals surface area contributed by atoms with E-state index in [-0.39, 0.29) is 35.7 Å². The fraction of sp³-hybridized carbons (Fsp3) is 0.333. The predicted octanol–water partition coefficient (Wildman–Crippen LogP) is 1.25. The molecule has 1 saturated heterocycles. The lowest BCUT2D eigenvalue weighted by Crippen LogP contribution is -2.32. The first-order chi connectivity index (χ1) is 12.0. The Morgan fingerprint density at radius 2 is 1.80 bits per heavy atom. The van der Waals surface area contributed by atoms with Gasteiger partial charge >= 0.3 is 5.97 Å². The Hall–Kier alpha value is -2.96. The van der Waals surface area contributed by atoms with Gasteiger partial charge in [-0.15, -0.1) is 6.58 Å².